The summed E-state index contributed by atoms with van der Waals surface area (Å²) in [5.74, 6) is 0.0106. The van der Waals surface area contributed by atoms with Crippen LogP contribution in [0.15, 0.2) is 12.2 Å². The fourth-order valence-corrected chi connectivity index (χ4v) is 0.531. The smallest absolute Gasteiger partial charge is 0.465 e. The lowest BCUT2D eigenvalue weighted by Gasteiger charge is -2.24. The Morgan fingerprint density at radius 1 is 1.67 bits per heavy atom. The summed E-state index contributed by atoms with van der Waals surface area (Å²) in [5, 5.41) is 0. The van der Waals surface area contributed by atoms with Gasteiger partial charge in [0.15, 0.2) is 5.78 Å². The van der Waals surface area contributed by atoms with Crippen LogP contribution in [0.1, 0.15) is 6.92 Å². The Bertz CT molecular complexity index is 237. The first kappa shape index (κ1) is 11.0. The van der Waals surface area contributed by atoms with Crippen molar-refractivity contribution in [1.29, 1.82) is 0 Å². The van der Waals surface area contributed by atoms with E-state index in [1.54, 1.807) is 28.4 Å². The second-order valence-electron chi connectivity index (χ2n) is 3.24. The second-order valence-corrected chi connectivity index (χ2v) is 3.24. The van der Waals surface area contributed by atoms with E-state index in [-0.39, 0.29) is 10.2 Å². The first-order valence-corrected chi connectivity index (χ1v) is 3.70. The van der Waals surface area contributed by atoms with Crippen LogP contribution in [0, 0.1) is 12.5 Å². The second kappa shape index (κ2) is 4.13. The van der Waals surface area contributed by atoms with Gasteiger partial charge in [0.1, 0.15) is 0 Å². The van der Waals surface area contributed by atoms with E-state index in [0.29, 0.717) is 11.9 Å². The highest BCUT2D eigenvalue weighted by molar-refractivity contribution is 6.35. The number of Topliss-reactive ketones (excluding diaryl/α,β-unsaturated/α-hetero) is 1. The molecule has 0 aliphatic rings. The van der Waals surface area contributed by atoms with Gasteiger partial charge in [-0.25, -0.2) is 0 Å². The summed E-state index contributed by atoms with van der Waals surface area (Å²) in [6.07, 6.45) is 7.23. The van der Waals surface area contributed by atoms with Crippen LogP contribution in [-0.2, 0) is 4.79 Å². The van der Waals surface area contributed by atoms with Crippen molar-refractivity contribution in [2.24, 2.45) is 0 Å². The van der Waals surface area contributed by atoms with E-state index in [2.05, 4.69) is 12.6 Å². The number of carbonyl (C=O) groups excluding carboxylic acids is 1. The lowest BCUT2D eigenvalue weighted by atomic mass is 9.80. The molecule has 0 spiro atoms. The van der Waals surface area contributed by atoms with E-state index in [1.165, 1.54) is 0 Å². The summed E-state index contributed by atoms with van der Waals surface area (Å²) in [4.78, 5) is 11.1. The van der Waals surface area contributed by atoms with E-state index in [9.17, 15) is 4.79 Å². The Hall–Kier alpha value is -1.01. The zero-order valence-electron chi connectivity index (χ0n) is 7.85. The number of ketones is 1. The molecule has 0 aromatic heterocycles. The molecule has 1 radical (unpaired) electrons. The molecule has 0 saturated heterocycles. The molecule has 0 aliphatic heterocycles. The number of hydrogen-bond donors (Lipinski definition) is 0. The standard InChI is InChI=1S/C9H13BNO/c1-6-11(4,5)10-7-9(12)8(2)3/h2,7H2,3-5H3. The summed E-state index contributed by atoms with van der Waals surface area (Å²) in [5.41, 5.74) is 0.552. The van der Waals surface area contributed by atoms with Crippen LogP contribution in [0.4, 0.5) is 0 Å². The van der Waals surface area contributed by atoms with Gasteiger partial charge in [-0.3, -0.25) is 4.79 Å². The van der Waals surface area contributed by atoms with Crippen LogP contribution in [0.25, 0.3) is 0 Å². The Labute approximate surface area is 75.1 Å². The van der Waals surface area contributed by atoms with Gasteiger partial charge >= 0.3 is 7.41 Å². The molecule has 0 amide bonds. The van der Waals surface area contributed by atoms with E-state index in [4.69, 9.17) is 6.42 Å². The number of carbonyl (C=O) groups is 1. The molecule has 0 unspecified atom stereocenters. The summed E-state index contributed by atoms with van der Waals surface area (Å²) in [6, 6.07) is 2.29. The highest BCUT2D eigenvalue weighted by Crippen LogP contribution is 2.00. The van der Waals surface area contributed by atoms with Gasteiger partial charge in [-0.15, -0.1) is 6.04 Å². The zero-order valence-corrected chi connectivity index (χ0v) is 7.85. The molecular weight excluding hydrogens is 149 g/mol. The molecule has 0 aliphatic carbocycles. The highest BCUT2D eigenvalue weighted by Gasteiger charge is 2.17. The molecule has 0 rings (SSSR count). The number of hydrogen-bond acceptors (Lipinski definition) is 1. The van der Waals surface area contributed by atoms with Gasteiger partial charge in [0, 0.05) is 0 Å². The average molecular weight is 162 g/mol. The lowest BCUT2D eigenvalue weighted by Crippen LogP contribution is -2.38. The number of allylic oxidation sites excluding steroid dienone is 1. The molecule has 0 bridgehead atoms. The van der Waals surface area contributed by atoms with Crippen molar-refractivity contribution in [3.8, 4) is 6.04 Å². The summed E-state index contributed by atoms with van der Waals surface area (Å²) < 4.78 is 0.193. The van der Waals surface area contributed by atoms with Crippen molar-refractivity contribution < 1.29 is 9.19 Å². The summed E-state index contributed by atoms with van der Waals surface area (Å²) >= 11 is 0. The molecule has 0 aromatic rings. The molecule has 63 valence electrons. The first-order chi connectivity index (χ1) is 5.39. The Morgan fingerprint density at radius 3 is 2.50 bits per heavy atom. The molecule has 2 nitrogen and oxygen atoms in total. The summed E-state index contributed by atoms with van der Waals surface area (Å²) in [7, 11) is 5.27. The normalized spacial score (nSPS) is 10.2. The van der Waals surface area contributed by atoms with E-state index in [0.717, 1.165) is 0 Å². The van der Waals surface area contributed by atoms with Crippen molar-refractivity contribution in [2.45, 2.75) is 13.2 Å². The maximum Gasteiger partial charge on any atom is 0.465 e. The van der Waals surface area contributed by atoms with Gasteiger partial charge < -0.3 is 10.8 Å². The minimum absolute atomic E-state index is 0.0106. The first-order valence-electron chi connectivity index (χ1n) is 3.70. The van der Waals surface area contributed by atoms with E-state index >= 15 is 0 Å². The molecule has 0 heterocycles. The van der Waals surface area contributed by atoms with Crippen LogP contribution in [0.5, 0.6) is 0 Å². The third-order valence-electron chi connectivity index (χ3n) is 1.50. The topological polar surface area (TPSA) is 17.1 Å². The largest absolute Gasteiger partial charge is 0.628 e. The van der Waals surface area contributed by atoms with E-state index < -0.39 is 0 Å². The van der Waals surface area contributed by atoms with Crippen molar-refractivity contribution >= 4 is 13.2 Å². The average Bonchev–Trinajstić information content (AvgIpc) is 2.00. The molecular formula is C9H13BNO. The zero-order chi connectivity index (χ0) is 9.78. The van der Waals surface area contributed by atoms with Crippen LogP contribution in [-0.4, -0.2) is 31.7 Å². The molecule has 0 fully saturated rings. The minimum Gasteiger partial charge on any atom is -0.628 e. The predicted octanol–water partition coefficient (Wildman–Crippen LogP) is 0.793. The molecule has 0 saturated carbocycles. The van der Waals surface area contributed by atoms with Gasteiger partial charge in [-0.2, -0.15) is 0 Å². The van der Waals surface area contributed by atoms with Gasteiger partial charge in [-0.1, -0.05) is 6.58 Å². The SMILES string of the molecule is [C-]#C[N+](C)(C)[B]CC(=O)C(=C)C. The monoisotopic (exact) mass is 162 g/mol. The van der Waals surface area contributed by atoms with Crippen LogP contribution >= 0.6 is 0 Å². The molecule has 12 heavy (non-hydrogen) atoms. The Balaban J connectivity index is 3.94. The lowest BCUT2D eigenvalue weighted by molar-refractivity contribution is -0.702. The Morgan fingerprint density at radius 2 is 2.17 bits per heavy atom. The van der Waals surface area contributed by atoms with Crippen LogP contribution in [0.2, 0.25) is 6.32 Å². The highest BCUT2D eigenvalue weighted by atomic mass is 16.1. The fraction of sp³-hybridized carbons (Fsp3) is 0.444. The third-order valence-corrected chi connectivity index (χ3v) is 1.50. The molecule has 0 aromatic carbocycles. The number of rotatable bonds is 4. The van der Waals surface area contributed by atoms with Crippen molar-refractivity contribution in [3.63, 3.8) is 0 Å². The van der Waals surface area contributed by atoms with Crippen LogP contribution in [0.3, 0.4) is 0 Å². The number of nitrogens with zero attached hydrogens (tertiary/aromatic N) is 1. The molecule has 3 heteroatoms. The predicted molar refractivity (Wildman–Crippen MR) is 49.6 cm³/mol. The fourth-order valence-electron chi connectivity index (χ4n) is 0.531. The van der Waals surface area contributed by atoms with Gasteiger partial charge in [0.2, 0.25) is 0 Å². The molecule has 0 atom stereocenters. The summed E-state index contributed by atoms with van der Waals surface area (Å²) in [6.45, 7) is 5.22. The maximum atomic E-state index is 11.1. The number of quaternary nitrogens is 1. The van der Waals surface area contributed by atoms with E-state index in [1.807, 2.05) is 0 Å². The van der Waals surface area contributed by atoms with Gasteiger partial charge in [0.05, 0.1) is 20.4 Å². The maximum absolute atomic E-state index is 11.1. The minimum atomic E-state index is 0.0106. The quantitative estimate of drug-likeness (QED) is 0.258. The molecule has 0 N–H and O–H groups in total. The van der Waals surface area contributed by atoms with Crippen molar-refractivity contribution in [2.75, 3.05) is 14.1 Å². The van der Waals surface area contributed by atoms with Gasteiger partial charge in [0.25, 0.3) is 0 Å². The van der Waals surface area contributed by atoms with Crippen molar-refractivity contribution in [1.82, 2.24) is 0 Å². The van der Waals surface area contributed by atoms with Crippen LogP contribution < -0.4 is 0 Å². The van der Waals surface area contributed by atoms with Crippen molar-refractivity contribution in [3.05, 3.63) is 18.6 Å². The third kappa shape index (κ3) is 4.00. The van der Waals surface area contributed by atoms with Gasteiger partial charge in [-0.05, 0) is 12.5 Å². The Kier molecular flexibility index (Phi) is 3.78.